The third-order valence-corrected chi connectivity index (χ3v) is 12.5. The summed E-state index contributed by atoms with van der Waals surface area (Å²) in [4.78, 5) is 10.9. The lowest BCUT2D eigenvalue weighted by molar-refractivity contribution is 1.18. The largest absolute Gasteiger partial charge is 0.309 e. The smallest absolute Gasteiger partial charge is 0.0979 e. The first kappa shape index (κ1) is 32.9. The zero-order chi connectivity index (χ0) is 39.3. The molecule has 0 aliphatic heterocycles. The second-order valence-electron chi connectivity index (χ2n) is 15.7. The Morgan fingerprint density at radius 1 is 0.317 bits per heavy atom. The van der Waals surface area contributed by atoms with Gasteiger partial charge < -0.3 is 9.13 Å². The summed E-state index contributed by atoms with van der Waals surface area (Å²) in [5.41, 5.74) is 12.4. The summed E-state index contributed by atoms with van der Waals surface area (Å²) in [5.74, 6) is 0. The molecule has 0 aliphatic carbocycles. The van der Waals surface area contributed by atoms with Crippen LogP contribution in [-0.2, 0) is 0 Å². The Balaban J connectivity index is 1.09. The van der Waals surface area contributed by atoms with Gasteiger partial charge in [-0.05, 0) is 87.6 Å². The van der Waals surface area contributed by atoms with E-state index in [2.05, 4.69) is 203 Å². The minimum absolute atomic E-state index is 0.855. The van der Waals surface area contributed by atoms with Crippen LogP contribution >= 0.6 is 0 Å². The van der Waals surface area contributed by atoms with E-state index < -0.39 is 0 Å². The lowest BCUT2D eigenvalue weighted by atomic mass is 9.96. The minimum atomic E-state index is 0.855. The Kier molecular flexibility index (Phi) is 6.98. The molecule has 4 nitrogen and oxygen atoms in total. The van der Waals surface area contributed by atoms with Gasteiger partial charge in [-0.2, -0.15) is 0 Å². The molecule has 0 saturated heterocycles. The minimum Gasteiger partial charge on any atom is -0.309 e. The molecule has 0 amide bonds. The molecule has 60 heavy (non-hydrogen) atoms. The molecule has 0 aliphatic rings. The average molecular weight is 763 g/mol. The number of fused-ring (bicyclic) bond motifs is 12. The second-order valence-corrected chi connectivity index (χ2v) is 15.7. The van der Waals surface area contributed by atoms with Gasteiger partial charge in [0.2, 0.25) is 0 Å². The maximum absolute atomic E-state index is 5.46. The number of nitrogens with zero attached hydrogens (tertiary/aromatic N) is 4. The fourth-order valence-corrected chi connectivity index (χ4v) is 9.85. The van der Waals surface area contributed by atoms with E-state index in [0.717, 1.165) is 61.2 Å². The van der Waals surface area contributed by atoms with Crippen molar-refractivity contribution in [2.75, 3.05) is 0 Å². The quantitative estimate of drug-likeness (QED) is 0.179. The number of hydrogen-bond donors (Lipinski definition) is 0. The fraction of sp³-hybridized carbons (Fsp3) is 0. The van der Waals surface area contributed by atoms with Gasteiger partial charge >= 0.3 is 0 Å². The second kappa shape index (κ2) is 12.7. The van der Waals surface area contributed by atoms with Crippen molar-refractivity contribution in [1.82, 2.24) is 19.1 Å². The van der Waals surface area contributed by atoms with Crippen LogP contribution in [0.4, 0.5) is 0 Å². The highest BCUT2D eigenvalue weighted by atomic mass is 15.0. The van der Waals surface area contributed by atoms with E-state index in [9.17, 15) is 0 Å². The molecule has 0 N–H and O–H groups in total. The molecule has 0 atom stereocenters. The van der Waals surface area contributed by atoms with Gasteiger partial charge in [0.25, 0.3) is 0 Å². The van der Waals surface area contributed by atoms with E-state index in [1.165, 1.54) is 59.6 Å². The van der Waals surface area contributed by atoms with Crippen LogP contribution in [0.3, 0.4) is 0 Å². The van der Waals surface area contributed by atoms with Crippen LogP contribution in [-0.4, -0.2) is 19.1 Å². The number of hydrogen-bond acceptors (Lipinski definition) is 2. The highest BCUT2D eigenvalue weighted by molar-refractivity contribution is 6.29. The molecule has 0 spiro atoms. The first-order valence-corrected chi connectivity index (χ1v) is 20.5. The summed E-state index contributed by atoms with van der Waals surface area (Å²) in [6.07, 6.45) is 0. The van der Waals surface area contributed by atoms with Gasteiger partial charge in [0.05, 0.1) is 50.2 Å². The first-order chi connectivity index (χ1) is 29.8. The Hall–Kier alpha value is -8.08. The van der Waals surface area contributed by atoms with Crippen LogP contribution < -0.4 is 0 Å². The number of para-hydroxylation sites is 4. The zero-order valence-corrected chi connectivity index (χ0v) is 32.4. The van der Waals surface area contributed by atoms with Crippen LogP contribution in [0.25, 0.3) is 121 Å². The van der Waals surface area contributed by atoms with E-state index in [1.54, 1.807) is 0 Å². The van der Waals surface area contributed by atoms with E-state index >= 15 is 0 Å². The summed E-state index contributed by atoms with van der Waals surface area (Å²) in [6.45, 7) is 0. The lowest BCUT2D eigenvalue weighted by Crippen LogP contribution is -1.99. The van der Waals surface area contributed by atoms with Gasteiger partial charge in [-0.25, -0.2) is 9.97 Å². The molecule has 0 saturated carbocycles. The average Bonchev–Trinajstić information content (AvgIpc) is 3.84. The molecule has 0 radical (unpaired) electrons. The van der Waals surface area contributed by atoms with Crippen LogP contribution in [0.1, 0.15) is 0 Å². The van der Waals surface area contributed by atoms with Gasteiger partial charge in [0.1, 0.15) is 0 Å². The van der Waals surface area contributed by atoms with Crippen molar-refractivity contribution in [3.05, 3.63) is 206 Å². The lowest BCUT2D eigenvalue weighted by Gasteiger charge is -2.17. The standard InChI is InChI=1S/C56H34N4/c1-2-16-38(17-3-1)59-48-25-13-10-22-43(48)44-29-26-37(34-52(44)59)55-56(58-47-24-12-11-23-46(47)57-55)45-30-33-49(42-21-9-8-20-41(42)45)60-50-31-27-35-14-4-6-18-39(35)53(50)54-40-19-7-5-15-36(40)28-32-51(54)60/h1-34H. The van der Waals surface area contributed by atoms with E-state index in [0.29, 0.717) is 0 Å². The van der Waals surface area contributed by atoms with Crippen molar-refractivity contribution in [2.45, 2.75) is 0 Å². The van der Waals surface area contributed by atoms with Gasteiger partial charge in [-0.3, -0.25) is 0 Å². The van der Waals surface area contributed by atoms with Gasteiger partial charge in [-0.1, -0.05) is 146 Å². The summed E-state index contributed by atoms with van der Waals surface area (Å²) in [7, 11) is 0. The van der Waals surface area contributed by atoms with Crippen molar-refractivity contribution in [3.8, 4) is 33.9 Å². The third-order valence-electron chi connectivity index (χ3n) is 12.5. The summed E-state index contributed by atoms with van der Waals surface area (Å²) >= 11 is 0. The van der Waals surface area contributed by atoms with Crippen molar-refractivity contribution in [1.29, 1.82) is 0 Å². The van der Waals surface area contributed by atoms with Gasteiger partial charge in [0, 0.05) is 43.7 Å². The summed E-state index contributed by atoms with van der Waals surface area (Å²) in [5, 5.41) is 12.2. The molecule has 13 rings (SSSR count). The Bertz CT molecular complexity index is 3800. The van der Waals surface area contributed by atoms with Gasteiger partial charge in [0.15, 0.2) is 0 Å². The molecule has 0 bridgehead atoms. The Labute approximate surface area is 344 Å². The predicted octanol–water partition coefficient (Wildman–Crippen LogP) is 14.6. The van der Waals surface area contributed by atoms with Gasteiger partial charge in [-0.15, -0.1) is 0 Å². The highest BCUT2D eigenvalue weighted by Crippen LogP contribution is 2.44. The molecule has 278 valence electrons. The normalized spacial score (nSPS) is 12.0. The van der Waals surface area contributed by atoms with E-state index in [4.69, 9.17) is 9.97 Å². The number of aromatic nitrogens is 4. The molecule has 3 heterocycles. The molecule has 0 unspecified atom stereocenters. The SMILES string of the molecule is c1ccc(-n2c3ccccc3c3ccc(-c4nc5ccccc5nc4-c4ccc(-n5c6ccc7ccccc7c6c6c7ccccc7ccc65)c5ccccc45)cc32)cc1. The van der Waals surface area contributed by atoms with Crippen molar-refractivity contribution in [3.63, 3.8) is 0 Å². The van der Waals surface area contributed by atoms with Crippen molar-refractivity contribution < 1.29 is 0 Å². The molecule has 0 fully saturated rings. The predicted molar refractivity (Wildman–Crippen MR) is 252 cm³/mol. The number of rotatable bonds is 4. The number of benzene rings is 10. The fourth-order valence-electron chi connectivity index (χ4n) is 9.85. The molecular weight excluding hydrogens is 729 g/mol. The van der Waals surface area contributed by atoms with E-state index in [-0.39, 0.29) is 0 Å². The van der Waals surface area contributed by atoms with E-state index in [1.807, 2.05) is 12.1 Å². The summed E-state index contributed by atoms with van der Waals surface area (Å²) < 4.78 is 4.84. The third kappa shape index (κ3) is 4.73. The topological polar surface area (TPSA) is 35.6 Å². The van der Waals surface area contributed by atoms with Crippen LogP contribution in [0.5, 0.6) is 0 Å². The molecule has 13 aromatic rings. The Morgan fingerprint density at radius 3 is 1.57 bits per heavy atom. The highest BCUT2D eigenvalue weighted by Gasteiger charge is 2.22. The molecular formula is C56H34N4. The Morgan fingerprint density at radius 2 is 0.867 bits per heavy atom. The van der Waals surface area contributed by atoms with Crippen LogP contribution in [0, 0.1) is 0 Å². The van der Waals surface area contributed by atoms with Crippen LogP contribution in [0.2, 0.25) is 0 Å². The molecule has 3 aromatic heterocycles. The van der Waals surface area contributed by atoms with Crippen molar-refractivity contribution >= 4 is 87.0 Å². The van der Waals surface area contributed by atoms with Crippen molar-refractivity contribution in [2.24, 2.45) is 0 Å². The summed E-state index contributed by atoms with van der Waals surface area (Å²) in [6, 6.07) is 74.3. The van der Waals surface area contributed by atoms with Crippen LogP contribution in [0.15, 0.2) is 206 Å². The molecule has 10 aromatic carbocycles. The monoisotopic (exact) mass is 762 g/mol. The maximum Gasteiger partial charge on any atom is 0.0979 e. The molecule has 4 heteroatoms. The zero-order valence-electron chi connectivity index (χ0n) is 32.4. The first-order valence-electron chi connectivity index (χ1n) is 20.5. The maximum atomic E-state index is 5.46.